The first kappa shape index (κ1) is 19.6. The first-order valence-corrected chi connectivity index (χ1v) is 10.5. The number of carbonyl (C=O) groups is 3. The zero-order valence-electron chi connectivity index (χ0n) is 17.5. The number of hydrogen-bond acceptors (Lipinski definition) is 5. The van der Waals surface area contributed by atoms with E-state index in [9.17, 15) is 14.4 Å². The van der Waals surface area contributed by atoms with Crippen LogP contribution in [0, 0.1) is 23.7 Å². The number of hydrogen-bond donors (Lipinski definition) is 1. The summed E-state index contributed by atoms with van der Waals surface area (Å²) in [5.74, 6) is 0.771. The van der Waals surface area contributed by atoms with Gasteiger partial charge in [0, 0.05) is 11.6 Å². The Kier molecular flexibility index (Phi) is 4.68. The van der Waals surface area contributed by atoms with Crippen LogP contribution >= 0.6 is 0 Å². The Labute approximate surface area is 180 Å². The monoisotopic (exact) mass is 420 g/mol. The molecule has 3 amide bonds. The minimum Gasteiger partial charge on any atom is -0.497 e. The predicted octanol–water partition coefficient (Wildman–Crippen LogP) is 3.49. The molecule has 7 heteroatoms. The van der Waals surface area contributed by atoms with Crippen LogP contribution in [0.4, 0.5) is 11.4 Å². The fourth-order valence-electron chi connectivity index (χ4n) is 5.55. The molecule has 1 N–H and O–H groups in total. The molecule has 31 heavy (non-hydrogen) atoms. The van der Waals surface area contributed by atoms with Gasteiger partial charge in [0.1, 0.15) is 11.5 Å². The van der Waals surface area contributed by atoms with Crippen molar-refractivity contribution in [3.05, 3.63) is 48.0 Å². The van der Waals surface area contributed by atoms with Crippen LogP contribution in [0.25, 0.3) is 0 Å². The summed E-state index contributed by atoms with van der Waals surface area (Å²) in [6.45, 7) is 0. The second kappa shape index (κ2) is 7.41. The van der Waals surface area contributed by atoms with E-state index in [1.165, 1.54) is 12.0 Å². The summed E-state index contributed by atoms with van der Waals surface area (Å²) < 4.78 is 10.5. The maximum absolute atomic E-state index is 13.1. The van der Waals surface area contributed by atoms with E-state index in [2.05, 4.69) is 5.32 Å². The lowest BCUT2D eigenvalue weighted by molar-refractivity contribution is -0.123. The van der Waals surface area contributed by atoms with Crippen molar-refractivity contribution in [3.8, 4) is 11.5 Å². The van der Waals surface area contributed by atoms with Crippen LogP contribution in [-0.2, 0) is 9.59 Å². The standard InChI is InChI=1S/C24H24N2O5/c1-30-17-8-9-18(19(12-17)31-2)25-22(27)15-4-3-5-16(11-15)26-23(28)20-13-6-7-14(10-13)21(20)24(26)29/h3-5,8-9,11-14,20-21H,6-7,10H2,1-2H3,(H,25,27)/t13-,14-,20-,21+/m0/s1. The van der Waals surface area contributed by atoms with Gasteiger partial charge in [-0.15, -0.1) is 0 Å². The van der Waals surface area contributed by atoms with E-state index in [1.54, 1.807) is 49.6 Å². The summed E-state index contributed by atoms with van der Waals surface area (Å²) >= 11 is 0. The SMILES string of the molecule is COc1ccc(NC(=O)c2cccc(N3C(=O)[C@@H]4[C@H]5CC[C@@H](C5)[C@@H]4C3=O)c2)c(OC)c1. The van der Waals surface area contributed by atoms with E-state index in [1.807, 2.05) is 0 Å². The molecule has 1 aliphatic heterocycles. The molecule has 0 aromatic heterocycles. The normalized spacial score (nSPS) is 26.2. The van der Waals surface area contributed by atoms with Crippen LogP contribution in [0.1, 0.15) is 29.6 Å². The average Bonchev–Trinajstić information content (AvgIpc) is 3.47. The highest BCUT2D eigenvalue weighted by Crippen LogP contribution is 2.56. The Bertz CT molecular complexity index is 1050. The number of methoxy groups -OCH3 is 2. The van der Waals surface area contributed by atoms with Crippen LogP contribution < -0.4 is 19.7 Å². The van der Waals surface area contributed by atoms with E-state index in [0.29, 0.717) is 40.3 Å². The minimum absolute atomic E-state index is 0.114. The van der Waals surface area contributed by atoms with Gasteiger partial charge in [0.15, 0.2) is 0 Å². The van der Waals surface area contributed by atoms with Crippen molar-refractivity contribution in [2.45, 2.75) is 19.3 Å². The molecule has 3 aliphatic rings. The van der Waals surface area contributed by atoms with Crippen molar-refractivity contribution >= 4 is 29.1 Å². The van der Waals surface area contributed by atoms with E-state index >= 15 is 0 Å². The number of amides is 3. The number of fused-ring (bicyclic) bond motifs is 5. The third-order valence-electron chi connectivity index (χ3n) is 6.95. The fourth-order valence-corrected chi connectivity index (χ4v) is 5.55. The molecule has 0 unspecified atom stereocenters. The molecular weight excluding hydrogens is 396 g/mol. The molecule has 2 bridgehead atoms. The van der Waals surface area contributed by atoms with Crippen molar-refractivity contribution in [2.75, 3.05) is 24.4 Å². The molecule has 1 heterocycles. The second-order valence-corrected chi connectivity index (χ2v) is 8.47. The van der Waals surface area contributed by atoms with Gasteiger partial charge in [0.25, 0.3) is 5.91 Å². The Balaban J connectivity index is 1.39. The molecule has 5 rings (SSSR count). The average molecular weight is 420 g/mol. The summed E-state index contributed by atoms with van der Waals surface area (Å²) in [6, 6.07) is 11.8. The molecular formula is C24H24N2O5. The third kappa shape index (κ3) is 3.07. The number of imide groups is 1. The number of carbonyl (C=O) groups excluding carboxylic acids is 3. The molecule has 2 aliphatic carbocycles. The molecule has 7 nitrogen and oxygen atoms in total. The zero-order valence-corrected chi connectivity index (χ0v) is 17.5. The lowest BCUT2D eigenvalue weighted by Gasteiger charge is -2.19. The van der Waals surface area contributed by atoms with Crippen LogP contribution in [0.2, 0.25) is 0 Å². The number of ether oxygens (including phenoxy) is 2. The largest absolute Gasteiger partial charge is 0.497 e. The van der Waals surface area contributed by atoms with Crippen molar-refractivity contribution in [1.29, 1.82) is 0 Å². The highest BCUT2D eigenvalue weighted by Gasteiger charge is 2.61. The van der Waals surface area contributed by atoms with Gasteiger partial charge in [-0.25, -0.2) is 0 Å². The van der Waals surface area contributed by atoms with Crippen molar-refractivity contribution < 1.29 is 23.9 Å². The Morgan fingerprint density at radius 3 is 2.32 bits per heavy atom. The highest BCUT2D eigenvalue weighted by atomic mass is 16.5. The quantitative estimate of drug-likeness (QED) is 0.749. The molecule has 2 saturated carbocycles. The summed E-state index contributed by atoms with van der Waals surface area (Å²) in [5, 5.41) is 2.83. The summed E-state index contributed by atoms with van der Waals surface area (Å²) in [5.41, 5.74) is 1.31. The van der Waals surface area contributed by atoms with Crippen LogP contribution in [0.3, 0.4) is 0 Å². The van der Waals surface area contributed by atoms with Gasteiger partial charge < -0.3 is 14.8 Å². The highest BCUT2D eigenvalue weighted by molar-refractivity contribution is 6.23. The Morgan fingerprint density at radius 1 is 0.968 bits per heavy atom. The number of rotatable bonds is 5. The Morgan fingerprint density at radius 2 is 1.68 bits per heavy atom. The minimum atomic E-state index is -0.357. The maximum Gasteiger partial charge on any atom is 0.255 e. The summed E-state index contributed by atoms with van der Waals surface area (Å²) in [7, 11) is 3.07. The first-order chi connectivity index (χ1) is 15.0. The van der Waals surface area contributed by atoms with Gasteiger partial charge in [-0.1, -0.05) is 6.07 Å². The van der Waals surface area contributed by atoms with Gasteiger partial charge in [0.2, 0.25) is 11.8 Å². The van der Waals surface area contributed by atoms with Gasteiger partial charge >= 0.3 is 0 Å². The van der Waals surface area contributed by atoms with Gasteiger partial charge in [0.05, 0.1) is 37.4 Å². The molecule has 2 aromatic rings. The molecule has 1 saturated heterocycles. The molecule has 3 fully saturated rings. The predicted molar refractivity (Wildman–Crippen MR) is 114 cm³/mol. The van der Waals surface area contributed by atoms with Crippen molar-refractivity contribution in [2.24, 2.45) is 23.7 Å². The number of nitrogens with one attached hydrogen (secondary N) is 1. The van der Waals surface area contributed by atoms with Gasteiger partial charge in [-0.2, -0.15) is 0 Å². The smallest absolute Gasteiger partial charge is 0.255 e. The maximum atomic E-state index is 13.1. The topological polar surface area (TPSA) is 84.9 Å². The lowest BCUT2D eigenvalue weighted by Crippen LogP contribution is -2.33. The zero-order chi connectivity index (χ0) is 21.7. The second-order valence-electron chi connectivity index (χ2n) is 8.47. The molecule has 0 spiro atoms. The Hall–Kier alpha value is -3.35. The number of anilines is 2. The van der Waals surface area contributed by atoms with Crippen LogP contribution in [0.5, 0.6) is 11.5 Å². The molecule has 160 valence electrons. The lowest BCUT2D eigenvalue weighted by atomic mass is 9.81. The first-order valence-electron chi connectivity index (χ1n) is 10.5. The third-order valence-corrected chi connectivity index (χ3v) is 6.95. The molecule has 4 atom stereocenters. The number of benzene rings is 2. The van der Waals surface area contributed by atoms with Crippen LogP contribution in [0.15, 0.2) is 42.5 Å². The van der Waals surface area contributed by atoms with Crippen LogP contribution in [-0.4, -0.2) is 31.9 Å². The van der Waals surface area contributed by atoms with Gasteiger partial charge in [-0.05, 0) is 61.4 Å². The summed E-state index contributed by atoms with van der Waals surface area (Å²) in [6.07, 6.45) is 3.06. The summed E-state index contributed by atoms with van der Waals surface area (Å²) in [4.78, 5) is 40.3. The number of nitrogens with zero attached hydrogens (tertiary/aromatic N) is 1. The molecule has 2 aromatic carbocycles. The van der Waals surface area contributed by atoms with E-state index < -0.39 is 0 Å². The fraction of sp³-hybridized carbons (Fsp3) is 0.375. The van der Waals surface area contributed by atoms with E-state index in [4.69, 9.17) is 9.47 Å². The van der Waals surface area contributed by atoms with Gasteiger partial charge in [-0.3, -0.25) is 19.3 Å². The van der Waals surface area contributed by atoms with E-state index in [0.717, 1.165) is 19.3 Å². The van der Waals surface area contributed by atoms with Crippen molar-refractivity contribution in [3.63, 3.8) is 0 Å². The van der Waals surface area contributed by atoms with Crippen molar-refractivity contribution in [1.82, 2.24) is 0 Å². The molecule has 0 radical (unpaired) electrons. The van der Waals surface area contributed by atoms with E-state index in [-0.39, 0.29) is 29.6 Å².